The maximum atomic E-state index is 12.9. The van der Waals surface area contributed by atoms with Crippen LogP contribution < -0.4 is 10.6 Å². The van der Waals surface area contributed by atoms with Gasteiger partial charge in [-0.15, -0.1) is 0 Å². The number of anilines is 2. The molecule has 0 aliphatic carbocycles. The molecular formula is C24H21ClN4O3. The minimum Gasteiger partial charge on any atom is -0.339 e. The zero-order valence-corrected chi connectivity index (χ0v) is 17.9. The zero-order chi connectivity index (χ0) is 22.5. The van der Waals surface area contributed by atoms with Crippen molar-refractivity contribution in [2.75, 3.05) is 23.7 Å². The van der Waals surface area contributed by atoms with Crippen molar-refractivity contribution < 1.29 is 14.4 Å². The average molecular weight is 449 g/mol. The molecule has 0 bridgehead atoms. The van der Waals surface area contributed by atoms with Gasteiger partial charge in [-0.3, -0.25) is 19.4 Å². The number of rotatable bonds is 5. The van der Waals surface area contributed by atoms with Crippen molar-refractivity contribution in [3.63, 3.8) is 0 Å². The molecule has 4 rings (SSSR count). The fourth-order valence-corrected chi connectivity index (χ4v) is 3.70. The van der Waals surface area contributed by atoms with Gasteiger partial charge < -0.3 is 15.5 Å². The fraction of sp³-hybridized carbons (Fsp3) is 0.167. The molecule has 0 unspecified atom stereocenters. The molecule has 3 aromatic rings. The first-order valence-corrected chi connectivity index (χ1v) is 10.6. The minimum atomic E-state index is -0.403. The van der Waals surface area contributed by atoms with Crippen LogP contribution in [0.3, 0.4) is 0 Å². The molecule has 0 radical (unpaired) electrons. The van der Waals surface area contributed by atoms with Crippen LogP contribution in [0.4, 0.5) is 11.4 Å². The lowest BCUT2D eigenvalue weighted by atomic mass is 10.1. The number of likely N-dealkylation sites (tertiary alicyclic amines) is 1. The van der Waals surface area contributed by atoms with Crippen LogP contribution in [0.15, 0.2) is 67.0 Å². The van der Waals surface area contributed by atoms with E-state index in [0.717, 1.165) is 12.8 Å². The smallest absolute Gasteiger partial charge is 0.257 e. The van der Waals surface area contributed by atoms with E-state index in [9.17, 15) is 14.4 Å². The summed E-state index contributed by atoms with van der Waals surface area (Å²) in [6, 6.07) is 14.7. The number of benzene rings is 2. The Kier molecular flexibility index (Phi) is 6.47. The highest BCUT2D eigenvalue weighted by Gasteiger charge is 2.23. The number of carbonyl (C=O) groups is 3. The highest BCUT2D eigenvalue weighted by atomic mass is 35.5. The number of carbonyl (C=O) groups excluding carboxylic acids is 3. The lowest BCUT2D eigenvalue weighted by molar-refractivity contribution is 0.0793. The fourth-order valence-electron chi connectivity index (χ4n) is 3.53. The van der Waals surface area contributed by atoms with Gasteiger partial charge in [-0.1, -0.05) is 17.7 Å². The molecule has 32 heavy (non-hydrogen) atoms. The largest absolute Gasteiger partial charge is 0.339 e. The third-order valence-electron chi connectivity index (χ3n) is 5.16. The van der Waals surface area contributed by atoms with Crippen LogP contribution in [0.5, 0.6) is 0 Å². The van der Waals surface area contributed by atoms with Gasteiger partial charge in [0.05, 0.1) is 16.8 Å². The average Bonchev–Trinajstić information content (AvgIpc) is 3.35. The minimum absolute atomic E-state index is 0.155. The lowest BCUT2D eigenvalue weighted by Gasteiger charge is -2.18. The summed E-state index contributed by atoms with van der Waals surface area (Å²) in [5.41, 5.74) is 1.96. The van der Waals surface area contributed by atoms with Crippen LogP contribution in [0.1, 0.15) is 43.9 Å². The molecule has 0 spiro atoms. The third kappa shape index (κ3) is 4.95. The number of aromatic nitrogens is 1. The van der Waals surface area contributed by atoms with E-state index in [2.05, 4.69) is 15.6 Å². The van der Waals surface area contributed by atoms with Crippen LogP contribution in [-0.2, 0) is 0 Å². The summed E-state index contributed by atoms with van der Waals surface area (Å²) in [4.78, 5) is 43.9. The second-order valence-electron chi connectivity index (χ2n) is 7.42. The summed E-state index contributed by atoms with van der Waals surface area (Å²) in [5.74, 6) is -0.884. The Hall–Kier alpha value is -3.71. The normalized spacial score (nSPS) is 13.0. The van der Waals surface area contributed by atoms with Gasteiger partial charge in [0.15, 0.2) is 0 Å². The first kappa shape index (κ1) is 21.5. The summed E-state index contributed by atoms with van der Waals surface area (Å²) < 4.78 is 0. The Labute approximate surface area is 190 Å². The summed E-state index contributed by atoms with van der Waals surface area (Å²) in [6.07, 6.45) is 4.98. The molecule has 2 aromatic carbocycles. The van der Waals surface area contributed by atoms with E-state index < -0.39 is 5.91 Å². The van der Waals surface area contributed by atoms with Gasteiger partial charge >= 0.3 is 0 Å². The second-order valence-corrected chi connectivity index (χ2v) is 7.86. The number of halogens is 1. The number of nitrogens with one attached hydrogen (secondary N) is 2. The van der Waals surface area contributed by atoms with E-state index in [1.165, 1.54) is 6.20 Å². The molecule has 7 nitrogen and oxygen atoms in total. The quantitative estimate of drug-likeness (QED) is 0.602. The highest BCUT2D eigenvalue weighted by Crippen LogP contribution is 2.25. The summed E-state index contributed by atoms with van der Waals surface area (Å²) in [7, 11) is 0. The Morgan fingerprint density at radius 3 is 2.38 bits per heavy atom. The monoisotopic (exact) mass is 448 g/mol. The standard InChI is InChI=1S/C24H21ClN4O3/c25-18-8-9-21(20(14-18)24(32)29-11-1-2-12-29)28-22(30)16-5-3-7-19(13-16)27-23(31)17-6-4-10-26-15-17/h3-10,13-15H,1-2,11-12H2,(H,27,31)(H,28,30). The topological polar surface area (TPSA) is 91.4 Å². The van der Waals surface area contributed by atoms with E-state index in [1.54, 1.807) is 65.7 Å². The van der Waals surface area contributed by atoms with Crippen LogP contribution in [0.25, 0.3) is 0 Å². The van der Waals surface area contributed by atoms with Crippen LogP contribution in [0.2, 0.25) is 5.02 Å². The van der Waals surface area contributed by atoms with Gasteiger partial charge in [0, 0.05) is 41.8 Å². The summed E-state index contributed by atoms with van der Waals surface area (Å²) in [5, 5.41) is 5.98. The van der Waals surface area contributed by atoms with E-state index >= 15 is 0 Å². The number of hydrogen-bond donors (Lipinski definition) is 2. The number of pyridine rings is 1. The maximum Gasteiger partial charge on any atom is 0.257 e. The highest BCUT2D eigenvalue weighted by molar-refractivity contribution is 6.31. The van der Waals surface area contributed by atoms with Gasteiger partial charge in [0.1, 0.15) is 0 Å². The first-order chi connectivity index (χ1) is 15.5. The van der Waals surface area contributed by atoms with Gasteiger partial charge in [-0.25, -0.2) is 0 Å². The summed E-state index contributed by atoms with van der Waals surface area (Å²) >= 11 is 6.11. The Morgan fingerprint density at radius 1 is 0.875 bits per heavy atom. The number of nitrogens with zero attached hydrogens (tertiary/aromatic N) is 2. The summed E-state index contributed by atoms with van der Waals surface area (Å²) in [6.45, 7) is 1.38. The van der Waals surface area contributed by atoms with Crippen molar-refractivity contribution >= 4 is 40.7 Å². The number of amides is 3. The molecule has 1 fully saturated rings. The van der Waals surface area contributed by atoms with Gasteiger partial charge in [0.2, 0.25) is 0 Å². The molecule has 1 aliphatic heterocycles. The van der Waals surface area contributed by atoms with Crippen LogP contribution in [0, 0.1) is 0 Å². The van der Waals surface area contributed by atoms with E-state index in [-0.39, 0.29) is 11.8 Å². The molecule has 0 saturated carbocycles. The molecule has 2 heterocycles. The molecule has 2 N–H and O–H groups in total. The molecule has 1 aromatic heterocycles. The molecule has 8 heteroatoms. The predicted octanol–water partition coefficient (Wildman–Crippen LogP) is 4.48. The first-order valence-electron chi connectivity index (χ1n) is 10.2. The van der Waals surface area contributed by atoms with Crippen molar-refractivity contribution in [3.8, 4) is 0 Å². The lowest BCUT2D eigenvalue weighted by Crippen LogP contribution is -2.29. The van der Waals surface area contributed by atoms with Crippen molar-refractivity contribution in [3.05, 3.63) is 88.7 Å². The van der Waals surface area contributed by atoms with Gasteiger partial charge in [-0.05, 0) is 61.4 Å². The number of hydrogen-bond acceptors (Lipinski definition) is 4. The Morgan fingerprint density at radius 2 is 1.62 bits per heavy atom. The van der Waals surface area contributed by atoms with Crippen molar-refractivity contribution in [2.45, 2.75) is 12.8 Å². The van der Waals surface area contributed by atoms with Crippen molar-refractivity contribution in [2.24, 2.45) is 0 Å². The Bertz CT molecular complexity index is 1160. The zero-order valence-electron chi connectivity index (χ0n) is 17.2. The predicted molar refractivity (Wildman–Crippen MR) is 123 cm³/mol. The van der Waals surface area contributed by atoms with Crippen molar-refractivity contribution in [1.29, 1.82) is 0 Å². The van der Waals surface area contributed by atoms with Crippen LogP contribution in [-0.4, -0.2) is 40.7 Å². The molecular weight excluding hydrogens is 428 g/mol. The molecule has 162 valence electrons. The Balaban J connectivity index is 1.51. The van der Waals surface area contributed by atoms with Gasteiger partial charge in [0.25, 0.3) is 17.7 Å². The van der Waals surface area contributed by atoms with Gasteiger partial charge in [-0.2, -0.15) is 0 Å². The second kappa shape index (κ2) is 9.62. The molecule has 1 aliphatic rings. The van der Waals surface area contributed by atoms with E-state index in [1.807, 2.05) is 0 Å². The molecule has 3 amide bonds. The van der Waals surface area contributed by atoms with E-state index in [0.29, 0.717) is 46.2 Å². The van der Waals surface area contributed by atoms with E-state index in [4.69, 9.17) is 11.6 Å². The third-order valence-corrected chi connectivity index (χ3v) is 5.39. The SMILES string of the molecule is O=C(Nc1cccc(C(=O)Nc2ccc(Cl)cc2C(=O)N2CCCC2)c1)c1cccnc1. The molecule has 1 saturated heterocycles. The van der Waals surface area contributed by atoms with Crippen LogP contribution >= 0.6 is 11.6 Å². The molecule has 0 atom stereocenters. The van der Waals surface area contributed by atoms with Crippen molar-refractivity contribution in [1.82, 2.24) is 9.88 Å². The maximum absolute atomic E-state index is 12.9.